The van der Waals surface area contributed by atoms with Crippen molar-refractivity contribution in [1.82, 2.24) is 65.7 Å². The zero-order chi connectivity index (χ0) is 79.8. The van der Waals surface area contributed by atoms with E-state index in [1.54, 1.807) is 56.7 Å². The van der Waals surface area contributed by atoms with Gasteiger partial charge in [0.15, 0.2) is 34.7 Å². The molecule has 16 nitrogen and oxygen atoms in total. The molecule has 0 spiro atoms. The lowest BCUT2D eigenvalue weighted by Crippen LogP contribution is -1.92. The van der Waals surface area contributed by atoms with Gasteiger partial charge in [-0.15, -0.1) is 56.7 Å². The van der Waals surface area contributed by atoms with Gasteiger partial charge >= 0.3 is 0 Å². The number of hydrogen-bond acceptors (Lipinski definition) is 16. The molecule has 28 aromatic rings. The molecule has 23 heteroatoms. The van der Waals surface area contributed by atoms with Crippen molar-refractivity contribution in [3.05, 3.63) is 337 Å². The van der Waals surface area contributed by atoms with Crippen LogP contribution in [-0.4, -0.2) is 65.7 Å². The minimum Gasteiger partial charge on any atom is -0.433 e. The van der Waals surface area contributed by atoms with Crippen LogP contribution in [0.1, 0.15) is 0 Å². The van der Waals surface area contributed by atoms with Crippen LogP contribution in [-0.2, 0) is 0 Å². The number of nitrogens with zero attached hydrogens (tertiary/aromatic N) is 14. The number of thiazole rings is 7. The first-order valence-corrected chi connectivity index (χ1v) is 45.5. The summed E-state index contributed by atoms with van der Waals surface area (Å²) in [5.74, 6) is 1.48. The number of fused-ring (bicyclic) bond motifs is 27. The second-order valence-electron chi connectivity index (χ2n) is 30.0. The van der Waals surface area contributed by atoms with Crippen molar-refractivity contribution < 1.29 is 9.47 Å². The molecular weight excluding hydrogens is 1640 g/mol. The molecule has 122 heavy (non-hydrogen) atoms. The third kappa shape index (κ3) is 11.4. The first-order valence-electron chi connectivity index (χ1n) is 39.4. The number of hydrogen-bond donors (Lipinski definition) is 0. The van der Waals surface area contributed by atoms with Crippen LogP contribution in [0.3, 0.4) is 0 Å². The van der Waals surface area contributed by atoms with Gasteiger partial charge in [-0.2, -0.15) is 0 Å². The number of benzene rings is 14. The van der Waals surface area contributed by atoms with Gasteiger partial charge in [0.05, 0.1) is 100 Å². The zero-order valence-electron chi connectivity index (χ0n) is 63.8. The van der Waals surface area contributed by atoms with E-state index >= 15 is 0 Å². The van der Waals surface area contributed by atoms with Crippen LogP contribution in [0.15, 0.2) is 337 Å². The summed E-state index contributed by atoms with van der Waals surface area (Å²) in [7, 11) is 0. The average molecular weight is 1700 g/mol. The topological polar surface area (TPSA) is 140 Å². The maximum atomic E-state index is 6.55. The molecule has 0 saturated heterocycles. The second-order valence-corrected chi connectivity index (χ2v) is 36.3. The molecule has 0 saturated carbocycles. The van der Waals surface area contributed by atoms with Crippen LogP contribution >= 0.6 is 79.4 Å². The van der Waals surface area contributed by atoms with E-state index in [9.17, 15) is 0 Å². The quantitative estimate of drug-likeness (QED) is 0.122. The summed E-state index contributed by atoms with van der Waals surface area (Å²) in [5.41, 5.74) is 28.6. The van der Waals surface area contributed by atoms with E-state index in [1.165, 1.54) is 88.4 Å². The van der Waals surface area contributed by atoms with Crippen LogP contribution in [0.25, 0.3) is 211 Å². The van der Waals surface area contributed by atoms with Gasteiger partial charge in [-0.05, 0) is 208 Å². The Balaban J connectivity index is 0.0000000989. The standard InChI is InChI=1S/2C33H18N6OS3.C33H20N2S/c1-2-7-26-23(6-1)35-32-38(26)29(17-42-32)40-30-18-43-33-36-25-11-9-22(16-28(25)39(30)33)20-5-3-4-19(14-20)21-8-10-24-27(15-21)37-12-13-41-31(37)34-24;1-2-7-26-23(6-1)35-32-38(26)17-29(42-32)40-30-18-39-28-16-22(9-11-25(28)36-33(39)43-30)20-5-3-4-19(14-20)21-8-10-24-27(15-21)37-12-13-41-31(37)34-24;1-2-10-27-25(8-1)26-9-3-4-11-28(26)30-19-23(12-14-29(27)30)21-6-5-7-22(18-21)24-13-15-31-32(20-24)35-16-17-36-33(35)34-31/h2*1-18H;1-20H. The normalized spacial score (nSPS) is 12.1. The van der Waals surface area contributed by atoms with E-state index in [2.05, 4.69) is 308 Å². The van der Waals surface area contributed by atoms with Crippen LogP contribution in [0, 0.1) is 0 Å². The predicted molar refractivity (Wildman–Crippen MR) is 506 cm³/mol. The molecule has 14 aromatic carbocycles. The molecule has 14 heterocycles. The summed E-state index contributed by atoms with van der Waals surface area (Å²) < 4.78 is 27.7. The molecule has 28 rings (SSSR count). The molecule has 0 fully saturated rings. The van der Waals surface area contributed by atoms with Crippen LogP contribution in [0.5, 0.6) is 21.9 Å². The monoisotopic (exact) mass is 1700 g/mol. The average Bonchev–Trinajstić information content (AvgIpc) is 1.40. The van der Waals surface area contributed by atoms with E-state index in [0.29, 0.717) is 0 Å². The smallest absolute Gasteiger partial charge is 0.219 e. The van der Waals surface area contributed by atoms with Gasteiger partial charge in [0.1, 0.15) is 0 Å². The first kappa shape index (κ1) is 69.4. The summed E-state index contributed by atoms with van der Waals surface area (Å²) in [6.07, 6.45) is 10.3. The molecule has 14 aromatic heterocycles. The molecule has 0 amide bonds. The molecule has 0 aliphatic rings. The Morgan fingerprint density at radius 2 is 0.525 bits per heavy atom. The lowest BCUT2D eigenvalue weighted by atomic mass is 9.91. The lowest BCUT2D eigenvalue weighted by Gasteiger charge is -2.12. The van der Waals surface area contributed by atoms with Gasteiger partial charge in [-0.25, -0.2) is 34.9 Å². The van der Waals surface area contributed by atoms with E-state index < -0.39 is 0 Å². The van der Waals surface area contributed by atoms with Gasteiger partial charge in [-0.1, -0.05) is 193 Å². The largest absolute Gasteiger partial charge is 0.433 e. The molecule has 0 atom stereocenters. The molecule has 0 bridgehead atoms. The summed E-state index contributed by atoms with van der Waals surface area (Å²) in [6, 6.07) is 99.4. The summed E-state index contributed by atoms with van der Waals surface area (Å²) >= 11 is 11.2. The summed E-state index contributed by atoms with van der Waals surface area (Å²) in [5, 5.41) is 19.7. The predicted octanol–water partition coefficient (Wildman–Crippen LogP) is 28.1. The van der Waals surface area contributed by atoms with Gasteiger partial charge in [0, 0.05) is 34.7 Å². The SMILES string of the molecule is c1cc(-c2ccc3c4ccccc4c4ccccc4c3c2)cc(-c2ccc3nc4sccn4c3c2)c1.c1cc(-c2ccc3nc4sccn4c3c2)cc(-c2ccc3nc4sc(Oc5cn6c(nc7ccccc76)s5)cn4c3c2)c1.c1cc(-c2ccc3nc4sccn4c3c2)cc(-c2ccc3nc4scc(Oc5csc6nc7ccccc7n56)n4c3c2)c1. The molecule has 0 radical (unpaired) electrons. The molecule has 576 valence electrons. The Kier molecular flexibility index (Phi) is 15.7. The Morgan fingerprint density at radius 3 is 0.975 bits per heavy atom. The fourth-order valence-corrected chi connectivity index (χ4v) is 22.9. The maximum Gasteiger partial charge on any atom is 0.219 e. The first-order chi connectivity index (χ1) is 60.3. The molecule has 0 N–H and O–H groups in total. The van der Waals surface area contributed by atoms with Gasteiger partial charge in [-0.3, -0.25) is 30.8 Å². The highest BCUT2D eigenvalue weighted by molar-refractivity contribution is 7.20. The van der Waals surface area contributed by atoms with E-state index in [4.69, 9.17) is 44.4 Å². The van der Waals surface area contributed by atoms with E-state index in [1.807, 2.05) is 59.6 Å². The van der Waals surface area contributed by atoms with Crippen molar-refractivity contribution in [3.63, 3.8) is 0 Å². The fourth-order valence-electron chi connectivity index (χ4n) is 17.3. The second kappa shape index (κ2) is 27.5. The molecule has 0 unspecified atom stereocenters. The number of para-hydroxylation sites is 4. The Hall–Kier alpha value is -14.5. The van der Waals surface area contributed by atoms with Crippen molar-refractivity contribution in [2.75, 3.05) is 0 Å². The fraction of sp³-hybridized carbons (Fsp3) is 0. The van der Waals surface area contributed by atoms with Crippen molar-refractivity contribution in [1.29, 1.82) is 0 Å². The molecular formula is C99H56N14O2S7. The Bertz CT molecular complexity index is 9100. The third-order valence-corrected chi connectivity index (χ3v) is 28.7. The van der Waals surface area contributed by atoms with Crippen molar-refractivity contribution in [2.45, 2.75) is 0 Å². The van der Waals surface area contributed by atoms with Gasteiger partial charge in [0.2, 0.25) is 21.9 Å². The van der Waals surface area contributed by atoms with Crippen molar-refractivity contribution in [2.24, 2.45) is 0 Å². The number of imidazole rings is 7. The van der Waals surface area contributed by atoms with Crippen LogP contribution in [0.4, 0.5) is 0 Å². The maximum absolute atomic E-state index is 6.55. The summed E-state index contributed by atoms with van der Waals surface area (Å²) in [6.45, 7) is 0. The van der Waals surface area contributed by atoms with Crippen molar-refractivity contribution in [3.8, 4) is 88.6 Å². The number of rotatable bonds is 10. The van der Waals surface area contributed by atoms with Crippen molar-refractivity contribution >= 4 is 224 Å². The molecule has 0 aliphatic carbocycles. The third-order valence-electron chi connectivity index (χ3n) is 23.1. The highest BCUT2D eigenvalue weighted by atomic mass is 32.1. The van der Waals surface area contributed by atoms with Gasteiger partial charge < -0.3 is 9.47 Å². The van der Waals surface area contributed by atoms with Gasteiger partial charge in [0.25, 0.3) is 0 Å². The zero-order valence-corrected chi connectivity index (χ0v) is 69.5. The highest BCUT2D eigenvalue weighted by Crippen LogP contribution is 2.44. The van der Waals surface area contributed by atoms with E-state index in [0.717, 1.165) is 167 Å². The summed E-state index contributed by atoms with van der Waals surface area (Å²) in [4.78, 5) is 40.1. The van der Waals surface area contributed by atoms with Crippen LogP contribution < -0.4 is 9.47 Å². The number of aromatic nitrogens is 14. The van der Waals surface area contributed by atoms with E-state index in [-0.39, 0.29) is 0 Å². The van der Waals surface area contributed by atoms with Crippen LogP contribution in [0.2, 0.25) is 0 Å². The number of ether oxygens (including phenoxy) is 2. The lowest BCUT2D eigenvalue weighted by molar-refractivity contribution is 0.442. The Labute approximate surface area is 718 Å². The highest BCUT2D eigenvalue weighted by Gasteiger charge is 2.22. The minimum absolute atomic E-state index is 0.736. The molecule has 0 aliphatic heterocycles. The Morgan fingerprint density at radius 1 is 0.213 bits per heavy atom. The minimum atomic E-state index is 0.736.